The molecule has 0 saturated carbocycles. The molecular formula is C25H30N4O7S. The Morgan fingerprint density at radius 3 is 2.54 bits per heavy atom. The van der Waals surface area contributed by atoms with Gasteiger partial charge >= 0.3 is 6.09 Å². The van der Waals surface area contributed by atoms with Crippen LogP contribution in [0.15, 0.2) is 24.3 Å². The number of ether oxygens (including phenoxy) is 2. The lowest BCUT2D eigenvalue weighted by atomic mass is 9.76. The Labute approximate surface area is 216 Å². The van der Waals surface area contributed by atoms with E-state index in [-0.39, 0.29) is 43.6 Å². The predicted molar refractivity (Wildman–Crippen MR) is 133 cm³/mol. The van der Waals surface area contributed by atoms with Crippen molar-refractivity contribution in [2.24, 2.45) is 5.41 Å². The Kier molecular flexibility index (Phi) is 8.29. The number of amides is 2. The lowest BCUT2D eigenvalue weighted by Crippen LogP contribution is -2.58. The summed E-state index contributed by atoms with van der Waals surface area (Å²) in [4.78, 5) is 28.5. The first kappa shape index (κ1) is 26.8. The number of nitriles is 1. The fraction of sp³-hybridized carbons (Fsp3) is 0.520. The number of hydroxylamine groups is 1. The van der Waals surface area contributed by atoms with E-state index < -0.39 is 27.7 Å². The van der Waals surface area contributed by atoms with Crippen LogP contribution in [0.4, 0.5) is 4.79 Å². The highest BCUT2D eigenvalue weighted by molar-refractivity contribution is 7.73. The summed E-state index contributed by atoms with van der Waals surface area (Å²) in [7, 11) is -2.75. The van der Waals surface area contributed by atoms with Crippen molar-refractivity contribution in [3.63, 3.8) is 0 Å². The van der Waals surface area contributed by atoms with Crippen LogP contribution in [-0.4, -0.2) is 85.9 Å². The van der Waals surface area contributed by atoms with Gasteiger partial charge in [0, 0.05) is 32.6 Å². The van der Waals surface area contributed by atoms with Crippen LogP contribution in [0, 0.1) is 23.7 Å². The van der Waals surface area contributed by atoms with Gasteiger partial charge in [0.05, 0.1) is 24.8 Å². The van der Waals surface area contributed by atoms with Crippen LogP contribution in [0.1, 0.15) is 42.4 Å². The Morgan fingerprint density at radius 2 is 2.00 bits per heavy atom. The molecule has 3 heterocycles. The van der Waals surface area contributed by atoms with Crippen molar-refractivity contribution in [3.05, 3.63) is 41.0 Å². The Hall–Kier alpha value is -3.24. The van der Waals surface area contributed by atoms with E-state index in [4.69, 9.17) is 14.7 Å². The Morgan fingerprint density at radius 1 is 1.24 bits per heavy atom. The highest BCUT2D eigenvalue weighted by Crippen LogP contribution is 2.37. The van der Waals surface area contributed by atoms with Crippen LogP contribution >= 0.6 is 0 Å². The van der Waals surface area contributed by atoms with Gasteiger partial charge in [0.1, 0.15) is 16.5 Å². The molecule has 0 spiro atoms. The molecule has 37 heavy (non-hydrogen) atoms. The fourth-order valence-corrected chi connectivity index (χ4v) is 6.29. The summed E-state index contributed by atoms with van der Waals surface area (Å²) in [5.41, 5.74) is 3.68. The number of piperidine rings is 1. The molecular weight excluding hydrogens is 500 g/mol. The lowest BCUT2D eigenvalue weighted by molar-refractivity contribution is -0.138. The zero-order valence-corrected chi connectivity index (χ0v) is 21.4. The molecule has 2 amide bonds. The first-order valence-electron chi connectivity index (χ1n) is 12.2. The van der Waals surface area contributed by atoms with Crippen molar-refractivity contribution >= 4 is 32.9 Å². The fourth-order valence-electron chi connectivity index (χ4n) is 5.30. The smallest absolute Gasteiger partial charge is 0.410 e. The van der Waals surface area contributed by atoms with Gasteiger partial charge in [-0.05, 0) is 55.0 Å². The molecule has 3 aliphatic heterocycles. The number of hydrogen-bond donors (Lipinski definition) is 2. The number of nitrogens with zero attached hydrogens (tertiary/aromatic N) is 3. The van der Waals surface area contributed by atoms with Crippen molar-refractivity contribution in [3.8, 4) is 6.07 Å². The summed E-state index contributed by atoms with van der Waals surface area (Å²) in [6.45, 7) is 3.60. The third kappa shape index (κ3) is 5.55. The van der Waals surface area contributed by atoms with E-state index >= 15 is 0 Å². The molecule has 3 aliphatic rings. The average Bonchev–Trinajstić information content (AvgIpc) is 3.42. The topological polar surface area (TPSA) is 149 Å². The summed E-state index contributed by atoms with van der Waals surface area (Å²) in [6.07, 6.45) is 2.27. The van der Waals surface area contributed by atoms with Gasteiger partial charge in [-0.25, -0.2) is 10.3 Å². The molecule has 0 bridgehead atoms. The standard InChI is InChI=1S/C25H30N4O7S/c1-17-14-18(15-26)2-3-21(17)19-4-9-28(10-5-19)23(37(33)34)25(22(30)27-32)7-11-29(12-8-25)24(31)36-20-6-13-35-16-20/h2-4,14,20,32H,5-13,16H2,1H3,(H,27,30). The summed E-state index contributed by atoms with van der Waals surface area (Å²) < 4.78 is 35.8. The number of hydrogen-bond acceptors (Lipinski definition) is 8. The lowest BCUT2D eigenvalue weighted by Gasteiger charge is -2.42. The van der Waals surface area contributed by atoms with Crippen molar-refractivity contribution in [1.82, 2.24) is 15.3 Å². The monoisotopic (exact) mass is 530 g/mol. The van der Waals surface area contributed by atoms with Gasteiger partial charge < -0.3 is 14.4 Å². The molecule has 198 valence electrons. The van der Waals surface area contributed by atoms with Crippen molar-refractivity contribution in [1.29, 1.82) is 5.26 Å². The van der Waals surface area contributed by atoms with E-state index in [0.29, 0.717) is 38.2 Å². The first-order valence-corrected chi connectivity index (χ1v) is 13.3. The molecule has 0 aromatic heterocycles. The number of nitrogens with one attached hydrogen (secondary N) is 1. The maximum Gasteiger partial charge on any atom is 0.410 e. The maximum absolute atomic E-state index is 12.9. The second-order valence-electron chi connectivity index (χ2n) is 9.49. The highest BCUT2D eigenvalue weighted by atomic mass is 32.2. The van der Waals surface area contributed by atoms with Crippen LogP contribution in [0.3, 0.4) is 0 Å². The second-order valence-corrected chi connectivity index (χ2v) is 10.3. The largest absolute Gasteiger partial charge is 0.444 e. The molecule has 1 aromatic rings. The molecule has 1 aromatic carbocycles. The molecule has 12 heteroatoms. The van der Waals surface area contributed by atoms with Crippen LogP contribution in [-0.2, 0) is 24.6 Å². The van der Waals surface area contributed by atoms with Gasteiger partial charge in [-0.15, -0.1) is 0 Å². The third-order valence-corrected chi connectivity index (χ3v) is 8.30. The number of benzene rings is 1. The summed E-state index contributed by atoms with van der Waals surface area (Å²) in [5.74, 6) is -0.818. The molecule has 2 N–H and O–H groups in total. The average molecular weight is 531 g/mol. The minimum absolute atomic E-state index is 0.0147. The zero-order valence-electron chi connectivity index (χ0n) is 20.6. The Balaban J connectivity index is 1.53. The normalized spacial score (nSPS) is 21.5. The molecule has 2 fully saturated rings. The number of carbonyl (C=O) groups is 2. The number of rotatable bonds is 4. The molecule has 1 atom stereocenters. The third-order valence-electron chi connectivity index (χ3n) is 7.33. The molecule has 0 aliphatic carbocycles. The summed E-state index contributed by atoms with van der Waals surface area (Å²) in [6, 6.07) is 7.57. The van der Waals surface area contributed by atoms with E-state index in [9.17, 15) is 23.2 Å². The van der Waals surface area contributed by atoms with E-state index in [1.165, 1.54) is 4.90 Å². The van der Waals surface area contributed by atoms with Crippen LogP contribution < -0.4 is 5.48 Å². The molecule has 1 unspecified atom stereocenters. The van der Waals surface area contributed by atoms with Gasteiger partial charge in [-0.2, -0.15) is 13.7 Å². The van der Waals surface area contributed by atoms with Gasteiger partial charge in [0.25, 0.3) is 5.91 Å². The van der Waals surface area contributed by atoms with Crippen molar-refractivity contribution in [2.45, 2.75) is 38.7 Å². The van der Waals surface area contributed by atoms with Crippen LogP contribution in [0.25, 0.3) is 5.57 Å². The Bertz CT molecular complexity index is 1260. The summed E-state index contributed by atoms with van der Waals surface area (Å²) in [5, 5.41) is 18.6. The van der Waals surface area contributed by atoms with E-state index in [2.05, 4.69) is 6.07 Å². The van der Waals surface area contributed by atoms with Gasteiger partial charge in [-0.1, -0.05) is 12.1 Å². The summed E-state index contributed by atoms with van der Waals surface area (Å²) >= 11 is 0. The quantitative estimate of drug-likeness (QED) is 0.335. The van der Waals surface area contributed by atoms with Crippen LogP contribution in [0.2, 0.25) is 0 Å². The van der Waals surface area contributed by atoms with Gasteiger partial charge in [0.15, 0.2) is 0 Å². The second kappa shape index (κ2) is 11.4. The van der Waals surface area contributed by atoms with E-state index in [0.717, 1.165) is 16.7 Å². The number of likely N-dealkylation sites (tertiary alicyclic amines) is 1. The molecule has 11 nitrogen and oxygen atoms in total. The van der Waals surface area contributed by atoms with E-state index in [1.54, 1.807) is 16.4 Å². The highest BCUT2D eigenvalue weighted by Gasteiger charge is 2.50. The van der Waals surface area contributed by atoms with Crippen molar-refractivity contribution in [2.75, 3.05) is 39.4 Å². The molecule has 0 radical (unpaired) electrons. The number of aryl methyl sites for hydroxylation is 1. The number of carbonyl (C=O) groups excluding carboxylic acids is 2. The van der Waals surface area contributed by atoms with Gasteiger partial charge in [-0.3, -0.25) is 14.9 Å². The van der Waals surface area contributed by atoms with Crippen molar-refractivity contribution < 1.29 is 32.7 Å². The first-order chi connectivity index (χ1) is 17.8. The zero-order chi connectivity index (χ0) is 26.6. The predicted octanol–water partition coefficient (Wildman–Crippen LogP) is 1.48. The van der Waals surface area contributed by atoms with Crippen LogP contribution in [0.5, 0.6) is 0 Å². The minimum atomic E-state index is -2.75. The van der Waals surface area contributed by atoms with Gasteiger partial charge in [0.2, 0.25) is 10.3 Å². The SMILES string of the molecule is Cc1cc(C#N)ccc1C1=CCN(C(=S(=O)=O)C2(C(=O)NO)CCN(C(=O)OC3CCOC3)CC2)CC1. The molecule has 4 rings (SSSR count). The minimum Gasteiger partial charge on any atom is -0.444 e. The van der Waals surface area contributed by atoms with E-state index in [1.807, 2.05) is 25.1 Å². The molecule has 2 saturated heterocycles. The maximum atomic E-state index is 12.9.